The molecule has 1 atom stereocenters. The first kappa shape index (κ1) is 14.1. The third-order valence-corrected chi connectivity index (χ3v) is 3.30. The maximum atomic E-state index is 12.3. The first-order valence-electron chi connectivity index (χ1n) is 6.65. The molecule has 0 spiro atoms. The average Bonchev–Trinajstić information content (AvgIpc) is 2.73. The van der Waals surface area contributed by atoms with Gasteiger partial charge in [0.05, 0.1) is 5.56 Å². The molecule has 1 aromatic heterocycles. The number of H-pyrrole nitrogens is 1. The molecular formula is C15H18N2O3. The van der Waals surface area contributed by atoms with Crippen molar-refractivity contribution in [2.45, 2.75) is 32.7 Å². The summed E-state index contributed by atoms with van der Waals surface area (Å²) in [6.45, 7) is 3.70. The number of hydrogen-bond donors (Lipinski definition) is 3. The standard InChI is InChI=1S/C15H18N2O3/c1-3-6-12(15(19)20)17-14(18)13-9(2)16-11-8-5-4-7-10(11)13/h4-5,7-8,12,16H,3,6H2,1-2H3,(H,17,18)(H,19,20)/t12-/m0/s1. The number of nitrogens with one attached hydrogen (secondary N) is 2. The highest BCUT2D eigenvalue weighted by molar-refractivity contribution is 6.08. The van der Waals surface area contributed by atoms with Gasteiger partial charge in [0.25, 0.3) is 5.91 Å². The van der Waals surface area contributed by atoms with E-state index in [0.29, 0.717) is 18.4 Å². The smallest absolute Gasteiger partial charge is 0.326 e. The van der Waals surface area contributed by atoms with Crippen LogP contribution in [0.25, 0.3) is 10.9 Å². The van der Waals surface area contributed by atoms with Crippen molar-refractivity contribution >= 4 is 22.8 Å². The first-order valence-corrected chi connectivity index (χ1v) is 6.65. The third kappa shape index (κ3) is 2.66. The number of hydrogen-bond acceptors (Lipinski definition) is 2. The Morgan fingerprint density at radius 1 is 1.35 bits per heavy atom. The molecule has 106 valence electrons. The number of carboxylic acids is 1. The van der Waals surface area contributed by atoms with Crippen LogP contribution in [0.1, 0.15) is 35.8 Å². The molecule has 20 heavy (non-hydrogen) atoms. The Morgan fingerprint density at radius 2 is 2.05 bits per heavy atom. The Balaban J connectivity index is 2.31. The van der Waals surface area contributed by atoms with Crippen molar-refractivity contribution in [2.75, 3.05) is 0 Å². The molecule has 3 N–H and O–H groups in total. The van der Waals surface area contributed by atoms with Crippen LogP contribution in [0.5, 0.6) is 0 Å². The predicted octanol–water partition coefficient (Wildman–Crippen LogP) is 2.46. The second-order valence-electron chi connectivity index (χ2n) is 4.82. The van der Waals surface area contributed by atoms with Gasteiger partial charge in [-0.05, 0) is 19.4 Å². The SMILES string of the molecule is CCC[C@H](NC(=O)c1c(C)[nH]c2ccccc12)C(=O)O. The van der Waals surface area contributed by atoms with Crippen LogP contribution in [0.2, 0.25) is 0 Å². The zero-order valence-electron chi connectivity index (χ0n) is 11.6. The highest BCUT2D eigenvalue weighted by atomic mass is 16.4. The minimum Gasteiger partial charge on any atom is -0.480 e. The molecule has 2 aromatic rings. The van der Waals surface area contributed by atoms with Gasteiger partial charge in [-0.25, -0.2) is 4.79 Å². The van der Waals surface area contributed by atoms with E-state index in [1.807, 2.05) is 38.1 Å². The number of aliphatic carboxylic acids is 1. The van der Waals surface area contributed by atoms with Crippen molar-refractivity contribution in [3.05, 3.63) is 35.5 Å². The second-order valence-corrected chi connectivity index (χ2v) is 4.82. The van der Waals surface area contributed by atoms with Crippen LogP contribution < -0.4 is 5.32 Å². The van der Waals surface area contributed by atoms with Gasteiger partial charge in [-0.2, -0.15) is 0 Å². The normalized spacial score (nSPS) is 12.3. The lowest BCUT2D eigenvalue weighted by Gasteiger charge is -2.13. The van der Waals surface area contributed by atoms with E-state index in [1.54, 1.807) is 0 Å². The summed E-state index contributed by atoms with van der Waals surface area (Å²) in [6.07, 6.45) is 1.12. The summed E-state index contributed by atoms with van der Waals surface area (Å²) in [5.74, 6) is -1.35. The van der Waals surface area contributed by atoms with Crippen LogP contribution in [0.3, 0.4) is 0 Å². The lowest BCUT2D eigenvalue weighted by Crippen LogP contribution is -2.40. The Kier molecular flexibility index (Phi) is 4.08. The maximum Gasteiger partial charge on any atom is 0.326 e. The summed E-state index contributed by atoms with van der Waals surface area (Å²) >= 11 is 0. The van der Waals surface area contributed by atoms with Crippen molar-refractivity contribution < 1.29 is 14.7 Å². The molecule has 1 aromatic carbocycles. The van der Waals surface area contributed by atoms with Crippen LogP contribution in [0.15, 0.2) is 24.3 Å². The van der Waals surface area contributed by atoms with Crippen molar-refractivity contribution in [2.24, 2.45) is 0 Å². The number of aryl methyl sites for hydroxylation is 1. The monoisotopic (exact) mass is 274 g/mol. The fourth-order valence-electron chi connectivity index (χ4n) is 2.35. The number of fused-ring (bicyclic) bond motifs is 1. The molecule has 0 saturated carbocycles. The molecule has 0 radical (unpaired) electrons. The summed E-state index contributed by atoms with van der Waals surface area (Å²) in [7, 11) is 0. The minimum absolute atomic E-state index is 0.346. The third-order valence-electron chi connectivity index (χ3n) is 3.30. The molecule has 1 amide bonds. The molecule has 0 bridgehead atoms. The minimum atomic E-state index is -1.00. The molecule has 0 saturated heterocycles. The van der Waals surface area contributed by atoms with Gasteiger partial charge in [0.2, 0.25) is 0 Å². The zero-order chi connectivity index (χ0) is 14.7. The first-order chi connectivity index (χ1) is 9.54. The van der Waals surface area contributed by atoms with E-state index < -0.39 is 12.0 Å². The van der Waals surface area contributed by atoms with E-state index in [-0.39, 0.29) is 5.91 Å². The zero-order valence-corrected chi connectivity index (χ0v) is 11.6. The number of rotatable bonds is 5. The van der Waals surface area contributed by atoms with Crippen LogP contribution in [0.4, 0.5) is 0 Å². The Hall–Kier alpha value is -2.30. The molecule has 2 rings (SSSR count). The van der Waals surface area contributed by atoms with Crippen LogP contribution >= 0.6 is 0 Å². The van der Waals surface area contributed by atoms with Crippen molar-refractivity contribution in [3.63, 3.8) is 0 Å². The van der Waals surface area contributed by atoms with Gasteiger partial charge in [0, 0.05) is 16.6 Å². The van der Waals surface area contributed by atoms with E-state index in [9.17, 15) is 9.59 Å². The summed E-state index contributed by atoms with van der Waals surface area (Å²) in [5, 5.41) is 12.5. The molecular weight excluding hydrogens is 256 g/mol. The molecule has 0 aliphatic heterocycles. The molecule has 5 nitrogen and oxygen atoms in total. The number of amides is 1. The lowest BCUT2D eigenvalue weighted by molar-refractivity contribution is -0.139. The molecule has 0 aliphatic rings. The van der Waals surface area contributed by atoms with Gasteiger partial charge in [-0.15, -0.1) is 0 Å². The Bertz CT molecular complexity index is 646. The average molecular weight is 274 g/mol. The Labute approximate surface area is 117 Å². The fourth-order valence-corrected chi connectivity index (χ4v) is 2.35. The topological polar surface area (TPSA) is 82.2 Å². The highest BCUT2D eigenvalue weighted by Crippen LogP contribution is 2.21. The largest absolute Gasteiger partial charge is 0.480 e. The number of carbonyl (C=O) groups is 2. The van der Waals surface area contributed by atoms with Crippen molar-refractivity contribution in [1.82, 2.24) is 10.3 Å². The van der Waals surface area contributed by atoms with E-state index in [0.717, 1.165) is 16.6 Å². The quantitative estimate of drug-likeness (QED) is 0.783. The van der Waals surface area contributed by atoms with E-state index >= 15 is 0 Å². The van der Waals surface area contributed by atoms with Crippen molar-refractivity contribution in [3.8, 4) is 0 Å². The summed E-state index contributed by atoms with van der Waals surface area (Å²) in [5.41, 5.74) is 2.13. The van der Waals surface area contributed by atoms with Gasteiger partial charge in [-0.3, -0.25) is 4.79 Å². The maximum absolute atomic E-state index is 12.3. The van der Waals surface area contributed by atoms with Gasteiger partial charge in [0.1, 0.15) is 6.04 Å². The summed E-state index contributed by atoms with van der Waals surface area (Å²) < 4.78 is 0. The number of para-hydroxylation sites is 1. The highest BCUT2D eigenvalue weighted by Gasteiger charge is 2.22. The van der Waals surface area contributed by atoms with Gasteiger partial charge >= 0.3 is 5.97 Å². The Morgan fingerprint density at radius 3 is 2.70 bits per heavy atom. The number of benzene rings is 1. The molecule has 5 heteroatoms. The van der Waals surface area contributed by atoms with Gasteiger partial charge < -0.3 is 15.4 Å². The van der Waals surface area contributed by atoms with E-state index in [4.69, 9.17) is 5.11 Å². The number of carboxylic acid groups (broad SMARTS) is 1. The van der Waals surface area contributed by atoms with Crippen LogP contribution in [-0.4, -0.2) is 28.0 Å². The number of carbonyl (C=O) groups excluding carboxylic acids is 1. The van der Waals surface area contributed by atoms with Crippen LogP contribution in [0, 0.1) is 6.92 Å². The van der Waals surface area contributed by atoms with Crippen LogP contribution in [-0.2, 0) is 4.79 Å². The fraction of sp³-hybridized carbons (Fsp3) is 0.333. The van der Waals surface area contributed by atoms with Crippen molar-refractivity contribution in [1.29, 1.82) is 0 Å². The molecule has 0 unspecified atom stereocenters. The summed E-state index contributed by atoms with van der Waals surface area (Å²) in [4.78, 5) is 26.6. The number of aromatic nitrogens is 1. The molecule has 0 aliphatic carbocycles. The second kappa shape index (κ2) is 5.77. The predicted molar refractivity (Wildman–Crippen MR) is 76.8 cm³/mol. The van der Waals surface area contributed by atoms with Gasteiger partial charge in [-0.1, -0.05) is 31.5 Å². The summed E-state index contributed by atoms with van der Waals surface area (Å²) in [6, 6.07) is 6.63. The van der Waals surface area contributed by atoms with E-state index in [1.165, 1.54) is 0 Å². The van der Waals surface area contributed by atoms with E-state index in [2.05, 4.69) is 10.3 Å². The molecule has 1 heterocycles. The van der Waals surface area contributed by atoms with Gasteiger partial charge in [0.15, 0.2) is 0 Å². The number of aromatic amines is 1. The molecule has 0 fully saturated rings. The lowest BCUT2D eigenvalue weighted by atomic mass is 10.1.